The number of allylic oxidation sites excluding steroid dienone is 1. The maximum Gasteiger partial charge on any atom is 0.339 e. The summed E-state index contributed by atoms with van der Waals surface area (Å²) in [5, 5.41) is 2.93. The van der Waals surface area contributed by atoms with Crippen LogP contribution in [0.5, 0.6) is 0 Å². The summed E-state index contributed by atoms with van der Waals surface area (Å²) >= 11 is 0. The summed E-state index contributed by atoms with van der Waals surface area (Å²) in [6.07, 6.45) is 3.49. The highest BCUT2D eigenvalue weighted by Gasteiger charge is 2.28. The maximum absolute atomic E-state index is 13.2. The first-order valence-corrected chi connectivity index (χ1v) is 11.3. The number of ether oxygens (including phenoxy) is 1. The topological polar surface area (TPSA) is 85.4 Å². The van der Waals surface area contributed by atoms with Crippen molar-refractivity contribution in [2.75, 3.05) is 6.61 Å². The maximum atomic E-state index is 13.2. The summed E-state index contributed by atoms with van der Waals surface area (Å²) in [4.78, 5) is 42.5. The van der Waals surface area contributed by atoms with Crippen molar-refractivity contribution in [1.82, 2.24) is 10.3 Å². The summed E-state index contributed by atoms with van der Waals surface area (Å²) in [6, 6.07) is 25.8. The van der Waals surface area contributed by atoms with E-state index in [1.54, 1.807) is 30.3 Å². The van der Waals surface area contributed by atoms with E-state index in [9.17, 15) is 14.4 Å². The highest BCUT2D eigenvalue weighted by molar-refractivity contribution is 6.09. The summed E-state index contributed by atoms with van der Waals surface area (Å²) < 4.78 is 5.36. The van der Waals surface area contributed by atoms with Gasteiger partial charge in [-0.15, -0.1) is 0 Å². The minimum absolute atomic E-state index is 0.350. The van der Waals surface area contributed by atoms with Crippen molar-refractivity contribution < 1.29 is 19.1 Å². The Morgan fingerprint density at radius 2 is 1.54 bits per heavy atom. The van der Waals surface area contributed by atoms with Gasteiger partial charge in [0.15, 0.2) is 6.61 Å². The molecule has 0 radical (unpaired) electrons. The zero-order valence-corrected chi connectivity index (χ0v) is 18.9. The van der Waals surface area contributed by atoms with E-state index >= 15 is 0 Å². The van der Waals surface area contributed by atoms with Crippen LogP contribution >= 0.6 is 0 Å². The van der Waals surface area contributed by atoms with E-state index in [1.165, 1.54) is 0 Å². The molecule has 0 saturated carbocycles. The molecule has 0 spiro atoms. The van der Waals surface area contributed by atoms with Gasteiger partial charge in [-0.1, -0.05) is 66.7 Å². The number of esters is 1. The van der Waals surface area contributed by atoms with Crippen molar-refractivity contribution in [2.24, 2.45) is 0 Å². The zero-order chi connectivity index (χ0) is 24.2. The van der Waals surface area contributed by atoms with Crippen LogP contribution in [0.15, 0.2) is 84.9 Å². The molecule has 6 nitrogen and oxygen atoms in total. The molecule has 35 heavy (non-hydrogen) atoms. The number of hydrogen-bond donors (Lipinski definition) is 1. The number of rotatable bonds is 5. The number of benzene rings is 3. The molecule has 5 rings (SSSR count). The standard InChI is InChI=1S/C29H22N2O4/c32-25(31-28(33)20-11-5-2-6-12-20)18-35-29(34)26-22-13-7-8-14-24(22)30-27-21(15-16-23(26)27)17-19-9-3-1-4-10-19/h1-14,17H,15-16,18H2,(H,31,32,33). The van der Waals surface area contributed by atoms with E-state index in [0.717, 1.165) is 28.8 Å². The van der Waals surface area contributed by atoms with Gasteiger partial charge in [0.2, 0.25) is 0 Å². The first-order valence-electron chi connectivity index (χ1n) is 11.3. The number of imide groups is 1. The number of nitrogens with one attached hydrogen (secondary N) is 1. The van der Waals surface area contributed by atoms with Crippen LogP contribution in [0.1, 0.15) is 44.0 Å². The van der Waals surface area contributed by atoms with E-state index < -0.39 is 24.4 Å². The molecule has 0 unspecified atom stereocenters. The van der Waals surface area contributed by atoms with Crippen LogP contribution in [-0.2, 0) is 16.0 Å². The second-order valence-corrected chi connectivity index (χ2v) is 8.23. The molecule has 3 aromatic carbocycles. The van der Waals surface area contributed by atoms with Gasteiger partial charge in [0.25, 0.3) is 11.8 Å². The van der Waals surface area contributed by atoms with E-state index in [4.69, 9.17) is 9.72 Å². The van der Waals surface area contributed by atoms with Crippen LogP contribution in [0.4, 0.5) is 0 Å². The Balaban J connectivity index is 1.40. The molecule has 0 saturated heterocycles. The van der Waals surface area contributed by atoms with Gasteiger partial charge in [-0.2, -0.15) is 0 Å². The quantitative estimate of drug-likeness (QED) is 0.429. The SMILES string of the molecule is O=C(COC(=O)c1c2c(nc3ccccc13)C(=Cc1ccccc1)CC2)NC(=O)c1ccccc1. The van der Waals surface area contributed by atoms with Gasteiger partial charge in [-0.25, -0.2) is 9.78 Å². The minimum atomic E-state index is -0.688. The average Bonchev–Trinajstić information content (AvgIpc) is 3.28. The third-order valence-electron chi connectivity index (χ3n) is 5.91. The van der Waals surface area contributed by atoms with Crippen LogP contribution in [0.25, 0.3) is 22.6 Å². The lowest BCUT2D eigenvalue weighted by Crippen LogP contribution is -2.34. The lowest BCUT2D eigenvalue weighted by atomic mass is 10.0. The fourth-order valence-electron chi connectivity index (χ4n) is 4.29. The number of pyridine rings is 1. The second-order valence-electron chi connectivity index (χ2n) is 8.23. The molecule has 0 atom stereocenters. The third-order valence-corrected chi connectivity index (χ3v) is 5.91. The van der Waals surface area contributed by atoms with Gasteiger partial charge in [0.1, 0.15) is 0 Å². The molecule has 1 aromatic heterocycles. The van der Waals surface area contributed by atoms with Gasteiger partial charge in [0.05, 0.1) is 16.8 Å². The number of carbonyl (C=O) groups is 3. The Bertz CT molecular complexity index is 1460. The Morgan fingerprint density at radius 1 is 0.857 bits per heavy atom. The summed E-state index contributed by atoms with van der Waals surface area (Å²) in [5.41, 5.74) is 5.17. The molecule has 1 heterocycles. The Kier molecular flexibility index (Phi) is 6.18. The second kappa shape index (κ2) is 9.73. The largest absolute Gasteiger partial charge is 0.452 e. The number of carbonyl (C=O) groups excluding carboxylic acids is 3. The average molecular weight is 463 g/mol. The number of fused-ring (bicyclic) bond motifs is 2. The van der Waals surface area contributed by atoms with Gasteiger partial charge in [0, 0.05) is 10.9 Å². The Morgan fingerprint density at radius 3 is 2.31 bits per heavy atom. The van der Waals surface area contributed by atoms with Gasteiger partial charge in [-0.3, -0.25) is 14.9 Å². The van der Waals surface area contributed by atoms with Gasteiger partial charge in [-0.05, 0) is 53.8 Å². The van der Waals surface area contributed by atoms with Crippen LogP contribution in [0.3, 0.4) is 0 Å². The first kappa shape index (κ1) is 22.2. The van der Waals surface area contributed by atoms with Crippen LogP contribution in [0, 0.1) is 0 Å². The van der Waals surface area contributed by atoms with Crippen molar-refractivity contribution in [3.63, 3.8) is 0 Å². The smallest absolute Gasteiger partial charge is 0.339 e. The van der Waals surface area contributed by atoms with Crippen molar-refractivity contribution >= 4 is 40.3 Å². The van der Waals surface area contributed by atoms with Crippen LogP contribution in [0.2, 0.25) is 0 Å². The highest BCUT2D eigenvalue weighted by atomic mass is 16.5. The molecular formula is C29H22N2O4. The molecule has 2 amide bonds. The third kappa shape index (κ3) is 4.73. The molecule has 172 valence electrons. The molecule has 6 heteroatoms. The van der Waals surface area contributed by atoms with Crippen molar-refractivity contribution in [3.8, 4) is 0 Å². The van der Waals surface area contributed by atoms with E-state index in [0.29, 0.717) is 28.5 Å². The fraction of sp³-hybridized carbons (Fsp3) is 0.103. The monoisotopic (exact) mass is 462 g/mol. The molecule has 0 fully saturated rings. The van der Waals surface area contributed by atoms with Crippen molar-refractivity contribution in [1.29, 1.82) is 0 Å². The zero-order valence-electron chi connectivity index (χ0n) is 18.9. The van der Waals surface area contributed by atoms with Gasteiger partial charge < -0.3 is 4.74 Å². The van der Waals surface area contributed by atoms with E-state index in [1.807, 2.05) is 54.6 Å². The molecular weight excluding hydrogens is 440 g/mol. The molecule has 1 aliphatic rings. The molecule has 0 bridgehead atoms. The highest BCUT2D eigenvalue weighted by Crippen LogP contribution is 2.37. The summed E-state index contributed by atoms with van der Waals surface area (Å²) in [6.45, 7) is -0.560. The van der Waals surface area contributed by atoms with Gasteiger partial charge >= 0.3 is 5.97 Å². The molecule has 1 aliphatic carbocycles. The normalized spacial score (nSPS) is 13.4. The fourth-order valence-corrected chi connectivity index (χ4v) is 4.29. The van der Waals surface area contributed by atoms with Crippen molar-refractivity contribution in [2.45, 2.75) is 12.8 Å². The van der Waals surface area contributed by atoms with E-state index in [2.05, 4.69) is 11.4 Å². The summed E-state index contributed by atoms with van der Waals surface area (Å²) in [5.74, 6) is -1.84. The van der Waals surface area contributed by atoms with Crippen molar-refractivity contribution in [3.05, 3.63) is 113 Å². The number of para-hydroxylation sites is 1. The molecule has 1 N–H and O–H groups in total. The Labute approximate surface area is 202 Å². The summed E-state index contributed by atoms with van der Waals surface area (Å²) in [7, 11) is 0. The first-order chi connectivity index (χ1) is 17.1. The number of nitrogens with zero attached hydrogens (tertiary/aromatic N) is 1. The van der Waals surface area contributed by atoms with E-state index in [-0.39, 0.29) is 0 Å². The molecule has 4 aromatic rings. The number of hydrogen-bond acceptors (Lipinski definition) is 5. The Hall–Kier alpha value is -4.58. The predicted octanol–water partition coefficient (Wildman–Crippen LogP) is 4.84. The number of aromatic nitrogens is 1. The predicted molar refractivity (Wildman–Crippen MR) is 134 cm³/mol. The lowest BCUT2D eigenvalue weighted by molar-refractivity contribution is -0.123. The number of amides is 2. The lowest BCUT2D eigenvalue weighted by Gasteiger charge is -2.12. The molecule has 0 aliphatic heterocycles. The minimum Gasteiger partial charge on any atom is -0.452 e. The van der Waals surface area contributed by atoms with Crippen LogP contribution in [-0.4, -0.2) is 29.4 Å². The van der Waals surface area contributed by atoms with Crippen LogP contribution < -0.4 is 5.32 Å².